The lowest BCUT2D eigenvalue weighted by Crippen LogP contribution is -2.71. The minimum absolute atomic E-state index is 0.00695. The molecule has 1 aromatic carbocycles. The monoisotopic (exact) mass is 771 g/mol. The van der Waals surface area contributed by atoms with Gasteiger partial charge in [0.1, 0.15) is 22.8 Å². The van der Waals surface area contributed by atoms with E-state index in [2.05, 4.69) is 26.0 Å². The third-order valence-corrected chi connectivity index (χ3v) is 10.9. The summed E-state index contributed by atoms with van der Waals surface area (Å²) in [5.41, 5.74) is 7.15. The number of nitrogens with two attached hydrogens (primary N) is 1. The van der Waals surface area contributed by atoms with Crippen LogP contribution in [0.4, 0.5) is 9.93 Å². The molecule has 52 heavy (non-hydrogen) atoms. The minimum Gasteiger partial charge on any atom is -0.504 e. The van der Waals surface area contributed by atoms with E-state index in [1.54, 1.807) is 13.0 Å². The summed E-state index contributed by atoms with van der Waals surface area (Å²) in [6.07, 6.45) is 1.75. The molecule has 6 rings (SSSR count). The van der Waals surface area contributed by atoms with Crippen molar-refractivity contribution < 1.29 is 49.2 Å². The number of carbonyl (C=O) groups excluding carboxylic acids is 3. The van der Waals surface area contributed by atoms with Crippen LogP contribution < -0.4 is 16.6 Å². The summed E-state index contributed by atoms with van der Waals surface area (Å²) in [5.74, 6) is -3.87. The number of thioether (sulfide) groups is 2. The van der Waals surface area contributed by atoms with Crippen molar-refractivity contribution in [2.45, 2.75) is 37.8 Å². The molecule has 19 nitrogen and oxygen atoms in total. The maximum atomic E-state index is 13.6. The number of hydrogen-bond donors (Lipinski definition) is 7. The van der Waals surface area contributed by atoms with Crippen molar-refractivity contribution >= 4 is 81.1 Å². The van der Waals surface area contributed by atoms with Crippen molar-refractivity contribution in [2.75, 3.05) is 17.2 Å². The highest BCUT2D eigenvalue weighted by molar-refractivity contribution is 8.03. The summed E-state index contributed by atoms with van der Waals surface area (Å²) < 4.78 is 0. The summed E-state index contributed by atoms with van der Waals surface area (Å²) in [4.78, 5) is 79.3. The molecule has 0 saturated carbocycles. The van der Waals surface area contributed by atoms with Crippen molar-refractivity contribution in [3.8, 4) is 11.5 Å². The number of hydrazine groups is 2. The number of ketones is 1. The highest BCUT2D eigenvalue weighted by Crippen LogP contribution is 2.42. The Morgan fingerprint density at radius 3 is 2.62 bits per heavy atom. The van der Waals surface area contributed by atoms with Crippen LogP contribution in [0.15, 0.2) is 68.1 Å². The molecule has 4 aliphatic heterocycles. The summed E-state index contributed by atoms with van der Waals surface area (Å²) in [6, 6.07) is 2.31. The number of anilines is 1. The quantitative estimate of drug-likeness (QED) is 0.0564. The largest absolute Gasteiger partial charge is 0.504 e. The topological polar surface area (TPSA) is 273 Å². The number of thiazole rings is 1. The van der Waals surface area contributed by atoms with Crippen molar-refractivity contribution in [1.82, 2.24) is 30.8 Å². The number of oxime groups is 1. The van der Waals surface area contributed by atoms with Crippen molar-refractivity contribution in [3.05, 3.63) is 69.2 Å². The number of aliphatic imine (C=N–C) groups is 1. The number of fused-ring (bicyclic) bond motifs is 2. The molecule has 272 valence electrons. The predicted octanol–water partition coefficient (Wildman–Crippen LogP) is 1.82. The Morgan fingerprint density at radius 1 is 1.21 bits per heavy atom. The van der Waals surface area contributed by atoms with Crippen LogP contribution >= 0.6 is 34.9 Å². The zero-order chi connectivity index (χ0) is 37.6. The van der Waals surface area contributed by atoms with Crippen molar-refractivity contribution in [1.29, 1.82) is 0 Å². The fourth-order valence-electron chi connectivity index (χ4n) is 5.24. The first kappa shape index (κ1) is 36.2. The number of aromatic nitrogens is 1. The van der Waals surface area contributed by atoms with Gasteiger partial charge in [0.2, 0.25) is 5.78 Å². The number of carboxylic acids is 1. The molecule has 0 unspecified atom stereocenters. The van der Waals surface area contributed by atoms with Crippen molar-refractivity contribution in [3.63, 3.8) is 0 Å². The number of aromatic hydroxyl groups is 2. The van der Waals surface area contributed by atoms with Gasteiger partial charge in [-0.1, -0.05) is 5.16 Å². The summed E-state index contributed by atoms with van der Waals surface area (Å²) >= 11 is 3.46. The van der Waals surface area contributed by atoms with E-state index in [1.807, 2.05) is 0 Å². The lowest BCUT2D eigenvalue weighted by Gasteiger charge is -2.49. The lowest BCUT2D eigenvalue weighted by molar-refractivity contribution is -0.150. The maximum absolute atomic E-state index is 13.6. The van der Waals surface area contributed by atoms with E-state index in [0.717, 1.165) is 33.4 Å². The first-order chi connectivity index (χ1) is 24.5. The Kier molecular flexibility index (Phi) is 9.65. The number of benzene rings is 1. The van der Waals surface area contributed by atoms with E-state index in [4.69, 9.17) is 10.6 Å². The molecule has 22 heteroatoms. The molecule has 0 bridgehead atoms. The van der Waals surface area contributed by atoms with Gasteiger partial charge in [0.25, 0.3) is 11.8 Å². The Bertz CT molecular complexity index is 2070. The fourth-order valence-corrected chi connectivity index (χ4v) is 8.34. The molecule has 4 aliphatic rings. The minimum atomic E-state index is -1.69. The van der Waals surface area contributed by atoms with E-state index in [-0.39, 0.29) is 33.6 Å². The highest BCUT2D eigenvalue weighted by Gasteiger charge is 2.54. The van der Waals surface area contributed by atoms with Crippen LogP contribution in [0.3, 0.4) is 0 Å². The second-order valence-electron chi connectivity index (χ2n) is 11.9. The van der Waals surface area contributed by atoms with E-state index in [1.165, 1.54) is 60.0 Å². The highest BCUT2D eigenvalue weighted by atomic mass is 32.2. The Labute approximate surface area is 306 Å². The first-order valence-electron chi connectivity index (χ1n) is 15.0. The molecule has 0 aliphatic carbocycles. The summed E-state index contributed by atoms with van der Waals surface area (Å²) in [5, 5.41) is 49.1. The molecule has 0 spiro atoms. The average molecular weight is 772 g/mol. The van der Waals surface area contributed by atoms with Crippen LogP contribution in [0.5, 0.6) is 11.5 Å². The van der Waals surface area contributed by atoms with Crippen molar-refractivity contribution in [2.24, 2.45) is 10.1 Å². The molecule has 2 aromatic rings. The number of phenolic OH excluding ortho intramolecular Hbond substituents is 2. The number of rotatable bonds is 11. The molecule has 2 atom stereocenters. The first-order valence-corrected chi connectivity index (χ1v) is 17.9. The average Bonchev–Trinajstić information content (AvgIpc) is 3.72. The van der Waals surface area contributed by atoms with Crippen LogP contribution in [0, 0.1) is 0 Å². The molecule has 1 fully saturated rings. The zero-order valence-corrected chi connectivity index (χ0v) is 29.7. The number of nitrogen functional groups attached to an aromatic ring is 1. The second kappa shape index (κ2) is 13.9. The number of β-lactam (4-membered cyclic amide) rings is 1. The number of carboxylic acid groups (broad SMARTS) is 2. The van der Waals surface area contributed by atoms with Crippen LogP contribution in [0.25, 0.3) is 0 Å². The molecule has 3 amide bonds. The van der Waals surface area contributed by atoms with Gasteiger partial charge in [0, 0.05) is 28.2 Å². The van der Waals surface area contributed by atoms with E-state index in [9.17, 15) is 44.4 Å². The Hall–Kier alpha value is -5.58. The fraction of sp³-hybridized carbons (Fsp3) is 0.267. The van der Waals surface area contributed by atoms with Gasteiger partial charge in [-0.05, 0) is 50.6 Å². The Balaban J connectivity index is 1.17. The van der Waals surface area contributed by atoms with Gasteiger partial charge in [-0.2, -0.15) is 5.01 Å². The van der Waals surface area contributed by atoms with Crippen LogP contribution in [0.1, 0.15) is 36.8 Å². The molecular formula is C30H29N9O10S3. The number of hydrogen-bond acceptors (Lipinski definition) is 17. The van der Waals surface area contributed by atoms with Gasteiger partial charge >= 0.3 is 12.1 Å². The number of Topliss-reactive ketones (excluding diaryl/α,β-unsaturated/α-hetero) is 1. The van der Waals surface area contributed by atoms with Crippen LogP contribution in [-0.2, 0) is 19.2 Å². The molecule has 1 saturated heterocycles. The van der Waals surface area contributed by atoms with Gasteiger partial charge in [0.05, 0.1) is 11.2 Å². The number of phenols is 2. The van der Waals surface area contributed by atoms with Gasteiger partial charge < -0.3 is 36.3 Å². The van der Waals surface area contributed by atoms with Crippen LogP contribution in [0.2, 0.25) is 0 Å². The molecule has 8 N–H and O–H groups in total. The lowest BCUT2D eigenvalue weighted by atomic mass is 9.96. The predicted molar refractivity (Wildman–Crippen MR) is 189 cm³/mol. The third-order valence-electron chi connectivity index (χ3n) is 7.79. The van der Waals surface area contributed by atoms with E-state index >= 15 is 0 Å². The number of nitrogens with one attached hydrogen (secondary N) is 2. The van der Waals surface area contributed by atoms with Gasteiger partial charge in [-0.3, -0.25) is 19.3 Å². The number of allylic oxidation sites excluding steroid dienone is 1. The standard InChI is InChI=1S/C30H29N9O10S3/c1-12-6-19(39-18(32-12)8-37(36-39)29(47)48)50-9-14-10-51-26-21(25(44)38(26)22(14)27(45)46)34-24(43)20(15-11-52-28(31)33-15)35-49-30(2,3)23(42)13-4-5-16(40)17(41)7-13/h4-8,11,21,26,36,40-41H,9-10H2,1-3H3,(H2,31,33)(H,34,43)(H,45,46)(H,47,48)/t21-,26-/m1/s1. The zero-order valence-electron chi connectivity index (χ0n) is 27.3. The van der Waals surface area contributed by atoms with Crippen LogP contribution in [-0.4, -0.2) is 110 Å². The Morgan fingerprint density at radius 2 is 1.96 bits per heavy atom. The molecule has 0 radical (unpaired) electrons. The molecule has 1 aromatic heterocycles. The second-order valence-corrected chi connectivity index (χ2v) is 14.9. The summed E-state index contributed by atoms with van der Waals surface area (Å²) in [6.45, 7) is 4.47. The maximum Gasteiger partial charge on any atom is 0.427 e. The summed E-state index contributed by atoms with van der Waals surface area (Å²) in [7, 11) is 0. The number of aliphatic carboxylic acids is 1. The number of amides is 3. The molecule has 5 heterocycles. The van der Waals surface area contributed by atoms with Gasteiger partial charge in [-0.15, -0.1) is 40.4 Å². The SMILES string of the molecule is CC1=NC2=CN(C(=O)O)NN2C(SCC2=C(C(=O)O)N3C(=O)[C@@H](NC(=O)C(=NOC(C)(C)C(=O)c4ccc(O)c(O)c4)c4csc(N)n4)[C@H]3SC2)=C1. The number of nitrogens with zero attached hydrogens (tertiary/aromatic N) is 6. The number of carbonyl (C=O) groups is 5. The van der Waals surface area contributed by atoms with Gasteiger partial charge in [0.15, 0.2) is 33.8 Å². The molecular weight excluding hydrogens is 743 g/mol. The smallest absolute Gasteiger partial charge is 0.427 e. The van der Waals surface area contributed by atoms with Gasteiger partial charge in [-0.25, -0.2) is 24.6 Å². The normalized spacial score (nSPS) is 20.0. The third kappa shape index (κ3) is 6.87. The van der Waals surface area contributed by atoms with E-state index in [0.29, 0.717) is 22.1 Å². The van der Waals surface area contributed by atoms with E-state index < -0.39 is 63.9 Å².